The van der Waals surface area contributed by atoms with E-state index < -0.39 is 0 Å². The maximum atomic E-state index is 12.6. The van der Waals surface area contributed by atoms with E-state index in [-0.39, 0.29) is 23.9 Å². The van der Waals surface area contributed by atoms with Crippen LogP contribution in [-0.4, -0.2) is 23.1 Å². The van der Waals surface area contributed by atoms with E-state index in [2.05, 4.69) is 5.32 Å². The van der Waals surface area contributed by atoms with Gasteiger partial charge in [-0.3, -0.25) is 9.59 Å². The van der Waals surface area contributed by atoms with Crippen molar-refractivity contribution in [3.8, 4) is 0 Å². The van der Waals surface area contributed by atoms with Gasteiger partial charge in [-0.05, 0) is 61.7 Å². The van der Waals surface area contributed by atoms with Crippen molar-refractivity contribution in [2.24, 2.45) is 0 Å². The zero-order chi connectivity index (χ0) is 21.7. The summed E-state index contributed by atoms with van der Waals surface area (Å²) in [7, 11) is 0. The smallest absolute Gasteiger partial charge is 0.338 e. The number of ether oxygens (including phenoxy) is 1. The zero-order valence-electron chi connectivity index (χ0n) is 17.5. The number of unbranched alkanes of at least 4 members (excludes halogenated alkanes) is 1. The third-order valence-electron chi connectivity index (χ3n) is 4.87. The van der Waals surface area contributed by atoms with E-state index in [1.165, 1.54) is 6.07 Å². The molecule has 0 aliphatic carbocycles. The Hall–Kier alpha value is -3.41. The van der Waals surface area contributed by atoms with Gasteiger partial charge in [0.2, 0.25) is 5.91 Å². The summed E-state index contributed by atoms with van der Waals surface area (Å²) in [4.78, 5) is 36.8. The molecule has 0 radical (unpaired) electrons. The second kappa shape index (κ2) is 9.39. The van der Waals surface area contributed by atoms with Gasteiger partial charge in [-0.15, -0.1) is 0 Å². The average Bonchev–Trinajstić information content (AvgIpc) is 2.70. The number of anilines is 1. The van der Waals surface area contributed by atoms with E-state index in [1.54, 1.807) is 35.0 Å². The number of nitrogens with zero attached hydrogens (tertiary/aromatic N) is 1. The Kier molecular flexibility index (Phi) is 6.67. The molecule has 0 bridgehead atoms. The standard InChI is InChI=1S/C24H26N2O4/c1-4-5-12-30-24(29)18-6-8-19(9-7-18)25-22(28)15-26-11-10-21(27)23-17(3)13-16(2)14-20(23)26/h6-11,13-14H,4-5,12,15H2,1-3H3,(H,25,28). The van der Waals surface area contributed by atoms with Crippen LogP contribution in [0.25, 0.3) is 10.9 Å². The first-order valence-electron chi connectivity index (χ1n) is 10.1. The molecule has 3 rings (SSSR count). The molecule has 1 heterocycles. The van der Waals surface area contributed by atoms with Gasteiger partial charge in [0, 0.05) is 23.3 Å². The van der Waals surface area contributed by atoms with Crippen molar-refractivity contribution in [2.75, 3.05) is 11.9 Å². The summed E-state index contributed by atoms with van der Waals surface area (Å²) in [6.45, 7) is 6.36. The first-order valence-corrected chi connectivity index (χ1v) is 10.1. The number of carbonyl (C=O) groups is 2. The highest BCUT2D eigenvalue weighted by Gasteiger charge is 2.11. The van der Waals surface area contributed by atoms with Gasteiger partial charge in [-0.25, -0.2) is 4.79 Å². The van der Waals surface area contributed by atoms with Crippen molar-refractivity contribution < 1.29 is 14.3 Å². The molecule has 0 aliphatic heterocycles. The van der Waals surface area contributed by atoms with Crippen molar-refractivity contribution in [3.05, 3.63) is 75.6 Å². The van der Waals surface area contributed by atoms with Gasteiger partial charge < -0.3 is 14.6 Å². The number of hydrogen-bond acceptors (Lipinski definition) is 4. The first-order chi connectivity index (χ1) is 14.4. The molecule has 1 N–H and O–H groups in total. The van der Waals surface area contributed by atoms with Crippen LogP contribution in [-0.2, 0) is 16.1 Å². The number of benzene rings is 2. The van der Waals surface area contributed by atoms with E-state index in [1.807, 2.05) is 32.9 Å². The summed E-state index contributed by atoms with van der Waals surface area (Å²) >= 11 is 0. The lowest BCUT2D eigenvalue weighted by molar-refractivity contribution is -0.116. The van der Waals surface area contributed by atoms with Gasteiger partial charge in [0.05, 0.1) is 17.7 Å². The fraction of sp³-hybridized carbons (Fsp3) is 0.292. The molecule has 0 atom stereocenters. The average molecular weight is 406 g/mol. The van der Waals surface area contributed by atoms with E-state index in [9.17, 15) is 14.4 Å². The summed E-state index contributed by atoms with van der Waals surface area (Å²) in [5, 5.41) is 3.45. The minimum Gasteiger partial charge on any atom is -0.462 e. The van der Waals surface area contributed by atoms with E-state index in [0.717, 1.165) is 29.5 Å². The molecule has 156 valence electrons. The fourth-order valence-corrected chi connectivity index (χ4v) is 3.39. The number of rotatable bonds is 7. The largest absolute Gasteiger partial charge is 0.462 e. The number of hydrogen-bond donors (Lipinski definition) is 1. The van der Waals surface area contributed by atoms with Crippen molar-refractivity contribution >= 4 is 28.5 Å². The van der Waals surface area contributed by atoms with Gasteiger partial charge in [-0.1, -0.05) is 19.4 Å². The quantitative estimate of drug-likeness (QED) is 0.471. The highest BCUT2D eigenvalue weighted by Crippen LogP contribution is 2.18. The molecule has 6 heteroatoms. The Labute approximate surface area is 175 Å². The predicted octanol–water partition coefficient (Wildman–Crippen LogP) is 4.21. The van der Waals surface area contributed by atoms with E-state index in [0.29, 0.717) is 23.2 Å². The molecule has 1 aromatic heterocycles. The van der Waals surface area contributed by atoms with E-state index in [4.69, 9.17) is 4.74 Å². The first kappa shape index (κ1) is 21.3. The predicted molar refractivity (Wildman–Crippen MR) is 118 cm³/mol. The van der Waals surface area contributed by atoms with Crippen LogP contribution in [0.1, 0.15) is 41.3 Å². The van der Waals surface area contributed by atoms with Gasteiger partial charge >= 0.3 is 5.97 Å². The Morgan fingerprint density at radius 3 is 2.50 bits per heavy atom. The molecule has 0 aliphatic rings. The Balaban J connectivity index is 1.71. The Morgan fingerprint density at radius 1 is 1.07 bits per heavy atom. The monoisotopic (exact) mass is 406 g/mol. The molecule has 0 saturated carbocycles. The van der Waals surface area contributed by atoms with Crippen LogP contribution in [0.5, 0.6) is 0 Å². The van der Waals surface area contributed by atoms with Crippen LogP contribution in [0.4, 0.5) is 5.69 Å². The maximum Gasteiger partial charge on any atom is 0.338 e. The molecule has 3 aromatic rings. The van der Waals surface area contributed by atoms with E-state index >= 15 is 0 Å². The third-order valence-corrected chi connectivity index (χ3v) is 4.87. The summed E-state index contributed by atoms with van der Waals surface area (Å²) in [6.07, 6.45) is 3.43. The number of carbonyl (C=O) groups excluding carboxylic acids is 2. The summed E-state index contributed by atoms with van der Waals surface area (Å²) < 4.78 is 6.95. The minimum absolute atomic E-state index is 0.0550. The van der Waals surface area contributed by atoms with Crippen LogP contribution in [0.2, 0.25) is 0 Å². The number of esters is 1. The molecule has 0 unspecified atom stereocenters. The van der Waals surface area contributed by atoms with Crippen LogP contribution in [0, 0.1) is 13.8 Å². The number of pyridine rings is 1. The summed E-state index contributed by atoms with van der Waals surface area (Å²) in [5.41, 5.74) is 3.64. The Bertz CT molecular complexity index is 1130. The van der Waals surface area contributed by atoms with Crippen molar-refractivity contribution in [1.82, 2.24) is 4.57 Å². The molecule has 0 spiro atoms. The normalized spacial score (nSPS) is 10.8. The molecule has 30 heavy (non-hydrogen) atoms. The third kappa shape index (κ3) is 4.95. The molecule has 1 amide bonds. The van der Waals surface area contributed by atoms with Crippen LogP contribution in [0.3, 0.4) is 0 Å². The lowest BCUT2D eigenvalue weighted by Gasteiger charge is -2.13. The van der Waals surface area contributed by atoms with Gasteiger partial charge in [0.15, 0.2) is 5.43 Å². The fourth-order valence-electron chi connectivity index (χ4n) is 3.39. The number of aromatic nitrogens is 1. The van der Waals surface area contributed by atoms with Gasteiger partial charge in [0.25, 0.3) is 0 Å². The summed E-state index contributed by atoms with van der Waals surface area (Å²) in [6, 6.07) is 12.0. The molecular formula is C24H26N2O4. The second-order valence-electron chi connectivity index (χ2n) is 7.40. The van der Waals surface area contributed by atoms with Gasteiger partial charge in [-0.2, -0.15) is 0 Å². The Morgan fingerprint density at radius 2 is 1.80 bits per heavy atom. The topological polar surface area (TPSA) is 77.4 Å². The SMILES string of the molecule is CCCCOC(=O)c1ccc(NC(=O)Cn2ccc(=O)c3c(C)cc(C)cc32)cc1. The molecule has 6 nitrogen and oxygen atoms in total. The lowest BCUT2D eigenvalue weighted by Crippen LogP contribution is -2.20. The van der Waals surface area contributed by atoms with Crippen molar-refractivity contribution in [3.63, 3.8) is 0 Å². The lowest BCUT2D eigenvalue weighted by atomic mass is 10.1. The molecule has 0 fully saturated rings. The minimum atomic E-state index is -0.369. The van der Waals surface area contributed by atoms with Crippen molar-refractivity contribution in [1.29, 1.82) is 0 Å². The molecular weight excluding hydrogens is 380 g/mol. The van der Waals surface area contributed by atoms with Crippen LogP contribution >= 0.6 is 0 Å². The molecule has 0 saturated heterocycles. The number of fused-ring (bicyclic) bond motifs is 1. The number of nitrogens with one attached hydrogen (secondary N) is 1. The molecule has 2 aromatic carbocycles. The highest BCUT2D eigenvalue weighted by atomic mass is 16.5. The highest BCUT2D eigenvalue weighted by molar-refractivity contribution is 5.94. The van der Waals surface area contributed by atoms with Crippen LogP contribution in [0.15, 0.2) is 53.5 Å². The zero-order valence-corrected chi connectivity index (χ0v) is 17.5. The number of aryl methyl sites for hydroxylation is 2. The summed E-state index contributed by atoms with van der Waals surface area (Å²) in [5.74, 6) is -0.593. The van der Waals surface area contributed by atoms with Crippen molar-refractivity contribution in [2.45, 2.75) is 40.2 Å². The number of amides is 1. The van der Waals surface area contributed by atoms with Crippen LogP contribution < -0.4 is 10.7 Å². The van der Waals surface area contributed by atoms with Gasteiger partial charge in [0.1, 0.15) is 6.54 Å². The second-order valence-corrected chi connectivity index (χ2v) is 7.40. The maximum absolute atomic E-state index is 12.6.